The van der Waals surface area contributed by atoms with E-state index in [2.05, 4.69) is 227 Å². The predicted octanol–water partition coefficient (Wildman–Crippen LogP) is 11.5. The zero-order valence-electron chi connectivity index (χ0n) is 32.0. The molecule has 59 heavy (non-hydrogen) atoms. The normalized spacial score (nSPS) is 14.0. The Bertz CT molecular complexity index is 3190. The first-order valence-corrected chi connectivity index (χ1v) is 22.3. The Kier molecular flexibility index (Phi) is 6.72. The predicted molar refractivity (Wildman–Crippen MR) is 246 cm³/mol. The first kappa shape index (κ1) is 32.5. The molecule has 0 spiro atoms. The van der Waals surface area contributed by atoms with Gasteiger partial charge in [0.2, 0.25) is 0 Å². The summed E-state index contributed by atoms with van der Waals surface area (Å²) in [4.78, 5) is 5.00. The van der Waals surface area contributed by atoms with Crippen molar-refractivity contribution in [1.29, 1.82) is 0 Å². The first-order valence-electron chi connectivity index (χ1n) is 20.3. The number of para-hydroxylation sites is 4. The molecule has 0 fully saturated rings. The SMILES string of the molecule is c1ccc(N2c3cccc4c3[Si]3(c5ccccc5)c5c(cccc5N(c5ccccc5)c5cc(-c6ccc7c8ccccc8n(-c8ccccc8)c7c6)cc2c53)O4)cc1. The van der Waals surface area contributed by atoms with Crippen molar-refractivity contribution in [3.63, 3.8) is 0 Å². The molecule has 3 aliphatic rings. The van der Waals surface area contributed by atoms with E-state index in [0.29, 0.717) is 0 Å². The topological polar surface area (TPSA) is 20.6 Å². The first-order chi connectivity index (χ1) is 29.3. The lowest BCUT2D eigenvalue weighted by atomic mass is 9.99. The van der Waals surface area contributed by atoms with E-state index in [-0.39, 0.29) is 0 Å². The van der Waals surface area contributed by atoms with E-state index in [4.69, 9.17) is 4.74 Å². The molecule has 0 atom stereocenters. The summed E-state index contributed by atoms with van der Waals surface area (Å²) in [6.07, 6.45) is 0. The second-order valence-electron chi connectivity index (χ2n) is 15.7. The Morgan fingerprint density at radius 1 is 0.339 bits per heavy atom. The van der Waals surface area contributed by atoms with Gasteiger partial charge < -0.3 is 19.1 Å². The van der Waals surface area contributed by atoms with Crippen molar-refractivity contribution in [3.05, 3.63) is 212 Å². The largest absolute Gasteiger partial charge is 0.457 e. The molecule has 3 aliphatic heterocycles. The van der Waals surface area contributed by atoms with Crippen molar-refractivity contribution in [2.75, 3.05) is 9.80 Å². The summed E-state index contributed by atoms with van der Waals surface area (Å²) in [5.41, 5.74) is 12.9. The van der Waals surface area contributed by atoms with Crippen molar-refractivity contribution >= 4 is 84.8 Å². The van der Waals surface area contributed by atoms with Gasteiger partial charge in [0.05, 0.1) is 22.4 Å². The van der Waals surface area contributed by atoms with Gasteiger partial charge in [0.25, 0.3) is 0 Å². The van der Waals surface area contributed by atoms with Gasteiger partial charge >= 0.3 is 0 Å². The Balaban J connectivity index is 1.19. The van der Waals surface area contributed by atoms with Crippen molar-refractivity contribution in [2.24, 2.45) is 0 Å². The highest BCUT2D eigenvalue weighted by molar-refractivity contribution is 7.24. The van der Waals surface area contributed by atoms with Crippen molar-refractivity contribution in [3.8, 4) is 28.3 Å². The number of ether oxygens (including phenoxy) is 1. The van der Waals surface area contributed by atoms with Gasteiger partial charge in [0, 0.05) is 54.8 Å². The van der Waals surface area contributed by atoms with Gasteiger partial charge in [0.1, 0.15) is 11.5 Å². The third-order valence-electron chi connectivity index (χ3n) is 12.7. The summed E-state index contributed by atoms with van der Waals surface area (Å²) < 4.78 is 9.46. The Morgan fingerprint density at radius 3 is 1.44 bits per heavy atom. The zero-order valence-corrected chi connectivity index (χ0v) is 33.0. The number of nitrogens with zero attached hydrogens (tertiary/aromatic N) is 3. The quantitative estimate of drug-likeness (QED) is 0.163. The molecule has 1 aromatic heterocycles. The van der Waals surface area contributed by atoms with Crippen LogP contribution >= 0.6 is 0 Å². The maximum absolute atomic E-state index is 7.05. The highest BCUT2D eigenvalue weighted by atomic mass is 28.3. The fraction of sp³-hybridized carbons (Fsp3) is 0. The standard InChI is InChI=1S/C54H35N3OSi/c1-5-17-38(18-6-1)55-44-26-14-13-25-42(44)43-32-31-36(33-47(43)55)37-34-48-52-49(35-37)57(40-21-9-3-10-22-40)46-28-16-30-51-54(46)59(52,41-23-11-4-12-24-41)53-45(27-15-29-50(53)58-51)56(48)39-19-7-2-8-20-39/h1-35H. The van der Waals surface area contributed by atoms with E-state index < -0.39 is 8.07 Å². The molecule has 4 nitrogen and oxygen atoms in total. The maximum atomic E-state index is 7.05. The molecule has 276 valence electrons. The Morgan fingerprint density at radius 2 is 0.847 bits per heavy atom. The molecule has 0 saturated carbocycles. The van der Waals surface area contributed by atoms with Crippen LogP contribution in [0.3, 0.4) is 0 Å². The zero-order chi connectivity index (χ0) is 38.7. The van der Waals surface area contributed by atoms with Crippen molar-refractivity contribution in [2.45, 2.75) is 0 Å². The number of hydrogen-bond donors (Lipinski definition) is 0. The molecule has 0 aliphatic carbocycles. The van der Waals surface area contributed by atoms with Crippen LogP contribution in [0.4, 0.5) is 34.1 Å². The molecule has 0 radical (unpaired) electrons. The molecule has 13 rings (SSSR count). The average Bonchev–Trinajstić information content (AvgIpc) is 3.64. The second kappa shape index (κ2) is 12.2. The van der Waals surface area contributed by atoms with Crippen LogP contribution in [0.15, 0.2) is 212 Å². The van der Waals surface area contributed by atoms with E-state index in [9.17, 15) is 0 Å². The third kappa shape index (κ3) is 4.37. The second-order valence-corrected chi connectivity index (χ2v) is 19.2. The summed E-state index contributed by atoms with van der Waals surface area (Å²) >= 11 is 0. The lowest BCUT2D eigenvalue weighted by Gasteiger charge is -2.53. The Labute approximate surface area is 343 Å². The average molecular weight is 770 g/mol. The minimum absolute atomic E-state index is 0.941. The number of aromatic nitrogens is 1. The van der Waals surface area contributed by atoms with Gasteiger partial charge in [-0.3, -0.25) is 0 Å². The number of anilines is 6. The molecule has 0 amide bonds. The molecule has 4 heterocycles. The minimum atomic E-state index is -3.03. The fourth-order valence-electron chi connectivity index (χ4n) is 10.4. The van der Waals surface area contributed by atoms with Crippen molar-refractivity contribution < 1.29 is 4.74 Å². The van der Waals surface area contributed by atoms with E-state index in [1.165, 1.54) is 70.9 Å². The van der Waals surface area contributed by atoms with E-state index in [1.807, 2.05) is 0 Å². The number of hydrogen-bond acceptors (Lipinski definition) is 3. The fourth-order valence-corrected chi connectivity index (χ4v) is 16.1. The lowest BCUT2D eigenvalue weighted by molar-refractivity contribution is 0.487. The number of rotatable bonds is 5. The highest BCUT2D eigenvalue weighted by Crippen LogP contribution is 2.52. The van der Waals surface area contributed by atoms with Crippen LogP contribution in [-0.4, -0.2) is 12.6 Å². The van der Waals surface area contributed by atoms with Gasteiger partial charge in [-0.15, -0.1) is 0 Å². The molecular weight excluding hydrogens is 735 g/mol. The molecule has 0 saturated heterocycles. The van der Waals surface area contributed by atoms with Gasteiger partial charge in [-0.25, -0.2) is 0 Å². The monoisotopic (exact) mass is 769 g/mol. The van der Waals surface area contributed by atoms with Gasteiger partial charge in [-0.2, -0.15) is 0 Å². The molecular formula is C54H35N3OSi. The van der Waals surface area contributed by atoms with Crippen molar-refractivity contribution in [1.82, 2.24) is 4.57 Å². The minimum Gasteiger partial charge on any atom is -0.457 e. The molecule has 0 N–H and O–H groups in total. The highest BCUT2D eigenvalue weighted by Gasteiger charge is 2.59. The molecule has 10 aromatic rings. The van der Waals surface area contributed by atoms with E-state index in [1.54, 1.807) is 0 Å². The summed E-state index contributed by atoms with van der Waals surface area (Å²) in [5.74, 6) is 1.88. The lowest BCUT2D eigenvalue weighted by Crippen LogP contribution is -2.80. The van der Waals surface area contributed by atoms with Gasteiger partial charge in [-0.05, 0) is 101 Å². The summed E-state index contributed by atoms with van der Waals surface area (Å²) in [5, 5.41) is 7.83. The smallest absolute Gasteiger partial charge is 0.198 e. The summed E-state index contributed by atoms with van der Waals surface area (Å²) in [7, 11) is -3.03. The van der Waals surface area contributed by atoms with Crippen LogP contribution < -0.4 is 35.3 Å². The van der Waals surface area contributed by atoms with Crippen LogP contribution in [-0.2, 0) is 0 Å². The van der Waals surface area contributed by atoms with Crippen LogP contribution in [0, 0.1) is 0 Å². The van der Waals surface area contributed by atoms with Crippen LogP contribution in [0.1, 0.15) is 0 Å². The summed E-state index contributed by atoms with van der Waals surface area (Å²) in [6, 6.07) is 77.9. The molecule has 9 aromatic carbocycles. The number of fused-ring (bicyclic) bond motifs is 3. The molecule has 0 unspecified atom stereocenters. The van der Waals surface area contributed by atoms with E-state index in [0.717, 1.165) is 34.1 Å². The van der Waals surface area contributed by atoms with Gasteiger partial charge in [0.15, 0.2) is 8.07 Å². The van der Waals surface area contributed by atoms with Crippen LogP contribution in [0.25, 0.3) is 38.6 Å². The van der Waals surface area contributed by atoms with Gasteiger partial charge in [-0.1, -0.05) is 127 Å². The van der Waals surface area contributed by atoms with Crippen LogP contribution in [0.2, 0.25) is 0 Å². The maximum Gasteiger partial charge on any atom is 0.198 e. The number of benzene rings is 9. The molecule has 5 heteroatoms. The molecule has 0 bridgehead atoms. The van der Waals surface area contributed by atoms with E-state index >= 15 is 0 Å². The van der Waals surface area contributed by atoms with Crippen LogP contribution in [0.5, 0.6) is 11.5 Å². The third-order valence-corrected chi connectivity index (χ3v) is 17.6. The Hall–Kier alpha value is -7.60. The summed E-state index contributed by atoms with van der Waals surface area (Å²) in [6.45, 7) is 0.